The van der Waals surface area contributed by atoms with Crippen molar-refractivity contribution in [2.75, 3.05) is 50.7 Å². The molecule has 3 heterocycles. The lowest BCUT2D eigenvalue weighted by atomic mass is 9.81. The molecule has 2 aliphatic rings. The van der Waals surface area contributed by atoms with Crippen molar-refractivity contribution in [1.82, 2.24) is 15.1 Å². The van der Waals surface area contributed by atoms with Gasteiger partial charge in [-0.15, -0.1) is 11.3 Å². The van der Waals surface area contributed by atoms with Crippen molar-refractivity contribution in [2.24, 2.45) is 5.92 Å². The van der Waals surface area contributed by atoms with Gasteiger partial charge in [-0.05, 0) is 66.6 Å². The molecule has 0 bridgehead atoms. The van der Waals surface area contributed by atoms with Crippen LogP contribution in [0.3, 0.4) is 0 Å². The molecule has 0 spiro atoms. The van der Waals surface area contributed by atoms with Crippen molar-refractivity contribution < 1.29 is 9.59 Å². The first-order chi connectivity index (χ1) is 19.3. The fraction of sp³-hybridized carbons (Fsp3) is 0.438. The number of nitrogens with one attached hydrogen (secondary N) is 1. The normalized spacial score (nSPS) is 19.7. The van der Waals surface area contributed by atoms with E-state index in [4.69, 9.17) is 11.6 Å². The fourth-order valence-corrected chi connectivity index (χ4v) is 7.05. The summed E-state index contributed by atoms with van der Waals surface area (Å²) in [5, 5.41) is 6.04. The van der Waals surface area contributed by atoms with Gasteiger partial charge in [-0.3, -0.25) is 14.5 Å². The number of piperazine rings is 1. The number of anilines is 1. The number of rotatable bonds is 9. The Morgan fingerprint density at radius 2 is 1.85 bits per heavy atom. The second kappa shape index (κ2) is 12.8. The summed E-state index contributed by atoms with van der Waals surface area (Å²) in [7, 11) is 0. The van der Waals surface area contributed by atoms with Crippen molar-refractivity contribution in [1.29, 1.82) is 0 Å². The Bertz CT molecular complexity index is 1320. The van der Waals surface area contributed by atoms with Crippen LogP contribution in [0.15, 0.2) is 60.0 Å². The predicted octanol–water partition coefficient (Wildman–Crippen LogP) is 5.98. The van der Waals surface area contributed by atoms with Crippen molar-refractivity contribution in [3.05, 3.63) is 86.6 Å². The van der Waals surface area contributed by atoms with E-state index in [1.54, 1.807) is 11.3 Å². The van der Waals surface area contributed by atoms with Crippen LogP contribution in [-0.2, 0) is 4.79 Å². The number of carbonyl (C=O) groups excluding carboxylic acids is 2. The lowest BCUT2D eigenvalue weighted by Gasteiger charge is -2.42. The number of thiophene rings is 1. The minimum absolute atomic E-state index is 0.00615. The van der Waals surface area contributed by atoms with E-state index < -0.39 is 5.92 Å². The van der Waals surface area contributed by atoms with E-state index in [0.29, 0.717) is 24.6 Å². The van der Waals surface area contributed by atoms with Gasteiger partial charge < -0.3 is 15.1 Å². The Hall–Kier alpha value is -2.87. The maximum absolute atomic E-state index is 13.8. The van der Waals surface area contributed by atoms with Crippen LogP contribution in [-0.4, -0.2) is 67.4 Å². The van der Waals surface area contributed by atoms with Crippen LogP contribution in [0.25, 0.3) is 0 Å². The molecule has 1 saturated heterocycles. The topological polar surface area (TPSA) is 55.9 Å². The van der Waals surface area contributed by atoms with E-state index in [9.17, 15) is 9.59 Å². The molecule has 5 rings (SSSR count). The molecule has 212 valence electrons. The lowest BCUT2D eigenvalue weighted by Crippen LogP contribution is -2.49. The number of nitrogens with zero attached hydrogens (tertiary/aromatic N) is 3. The summed E-state index contributed by atoms with van der Waals surface area (Å²) < 4.78 is 0. The van der Waals surface area contributed by atoms with Gasteiger partial charge in [0.2, 0.25) is 5.91 Å². The third-order valence-corrected chi connectivity index (χ3v) is 9.13. The highest BCUT2D eigenvalue weighted by molar-refractivity contribution is 7.10. The maximum atomic E-state index is 13.8. The average molecular weight is 579 g/mol. The van der Waals surface area contributed by atoms with Gasteiger partial charge in [-0.2, -0.15) is 0 Å². The second-order valence-corrected chi connectivity index (χ2v) is 12.7. The number of hydrogen-bond donors (Lipinski definition) is 1. The maximum Gasteiger partial charge on any atom is 0.254 e. The Morgan fingerprint density at radius 3 is 2.58 bits per heavy atom. The molecule has 2 aromatic carbocycles. The average Bonchev–Trinajstić information content (AvgIpc) is 3.48. The molecule has 0 saturated carbocycles. The van der Waals surface area contributed by atoms with Gasteiger partial charge in [0.25, 0.3) is 5.91 Å². The summed E-state index contributed by atoms with van der Waals surface area (Å²) in [6.07, 6.45) is 0.884. The monoisotopic (exact) mass is 578 g/mol. The van der Waals surface area contributed by atoms with Gasteiger partial charge in [-0.1, -0.05) is 55.8 Å². The zero-order chi connectivity index (χ0) is 28.2. The van der Waals surface area contributed by atoms with Crippen LogP contribution >= 0.6 is 22.9 Å². The number of halogens is 1. The van der Waals surface area contributed by atoms with Crippen molar-refractivity contribution in [3.8, 4) is 0 Å². The molecule has 8 heteroatoms. The standard InChI is InChI=1S/C32H39ClN4O2S/c1-22(2)21-37-30(28-10-6-19-40-28)29(25-8-4-5-9-26(25)32(37)39)31(38)34-13-7-14-35-15-17-36(18-16-35)27-20-24(33)12-11-23(27)3/h4-6,8-12,19-20,22,29-30H,7,13-18,21H2,1-3H3,(H,34,38). The van der Waals surface area contributed by atoms with Crippen molar-refractivity contribution in [3.63, 3.8) is 0 Å². The largest absolute Gasteiger partial charge is 0.369 e. The summed E-state index contributed by atoms with van der Waals surface area (Å²) in [6, 6.07) is 17.5. The Balaban J connectivity index is 1.22. The SMILES string of the molecule is Cc1ccc(Cl)cc1N1CCN(CCCNC(=O)C2c3ccccc3C(=O)N(CC(C)C)C2c2cccs2)CC1. The second-order valence-electron chi connectivity index (χ2n) is 11.3. The fourth-order valence-electron chi connectivity index (χ4n) is 6.01. The number of aryl methyl sites for hydroxylation is 1. The molecule has 6 nitrogen and oxygen atoms in total. The molecule has 1 fully saturated rings. The summed E-state index contributed by atoms with van der Waals surface area (Å²) in [6.45, 7) is 12.4. The quantitative estimate of drug-likeness (QED) is 0.318. The summed E-state index contributed by atoms with van der Waals surface area (Å²) >= 11 is 7.86. The zero-order valence-corrected chi connectivity index (χ0v) is 25.2. The third kappa shape index (κ3) is 6.22. The summed E-state index contributed by atoms with van der Waals surface area (Å²) in [5.74, 6) is -0.133. The highest BCUT2D eigenvalue weighted by atomic mass is 35.5. The van der Waals surface area contributed by atoms with Crippen LogP contribution < -0.4 is 10.2 Å². The number of hydrogen-bond acceptors (Lipinski definition) is 5. The third-order valence-electron chi connectivity index (χ3n) is 7.95. The van der Waals surface area contributed by atoms with Gasteiger partial charge in [0, 0.05) is 60.4 Å². The minimum Gasteiger partial charge on any atom is -0.369 e. The van der Waals surface area contributed by atoms with Crippen LogP contribution in [0.2, 0.25) is 5.02 Å². The summed E-state index contributed by atoms with van der Waals surface area (Å²) in [4.78, 5) is 35.3. The van der Waals surface area contributed by atoms with Crippen molar-refractivity contribution in [2.45, 2.75) is 39.2 Å². The van der Waals surface area contributed by atoms with Crippen molar-refractivity contribution >= 4 is 40.4 Å². The van der Waals surface area contributed by atoms with Gasteiger partial charge in [-0.25, -0.2) is 0 Å². The molecule has 3 aromatic rings. The Labute approximate surface area is 246 Å². The number of carbonyl (C=O) groups is 2. The van der Waals surface area contributed by atoms with Crippen LogP contribution in [0.4, 0.5) is 5.69 Å². The van der Waals surface area contributed by atoms with E-state index >= 15 is 0 Å². The lowest BCUT2D eigenvalue weighted by molar-refractivity contribution is -0.124. The first-order valence-corrected chi connectivity index (χ1v) is 15.5. The van der Waals surface area contributed by atoms with Gasteiger partial charge in [0.05, 0.1) is 12.0 Å². The van der Waals surface area contributed by atoms with E-state index in [1.165, 1.54) is 11.3 Å². The smallest absolute Gasteiger partial charge is 0.254 e. The van der Waals surface area contributed by atoms with E-state index in [2.05, 4.69) is 54.1 Å². The molecular weight excluding hydrogens is 540 g/mol. The highest BCUT2D eigenvalue weighted by Gasteiger charge is 2.44. The highest BCUT2D eigenvalue weighted by Crippen LogP contribution is 2.44. The summed E-state index contributed by atoms with van der Waals surface area (Å²) in [5.41, 5.74) is 3.94. The van der Waals surface area contributed by atoms with E-state index in [-0.39, 0.29) is 17.9 Å². The van der Waals surface area contributed by atoms with E-state index in [0.717, 1.165) is 54.6 Å². The molecule has 2 amide bonds. The molecule has 2 atom stereocenters. The molecule has 2 unspecified atom stereocenters. The number of amides is 2. The first kappa shape index (κ1) is 28.7. The molecule has 1 aromatic heterocycles. The molecule has 0 radical (unpaired) electrons. The predicted molar refractivity (Wildman–Crippen MR) is 165 cm³/mol. The number of fused-ring (bicyclic) bond motifs is 1. The van der Waals surface area contributed by atoms with Gasteiger partial charge in [0.15, 0.2) is 0 Å². The molecule has 0 aliphatic carbocycles. The number of benzene rings is 2. The molecule has 40 heavy (non-hydrogen) atoms. The molecule has 2 aliphatic heterocycles. The Morgan fingerprint density at radius 1 is 1.07 bits per heavy atom. The van der Waals surface area contributed by atoms with Crippen LogP contribution in [0.5, 0.6) is 0 Å². The van der Waals surface area contributed by atoms with Gasteiger partial charge in [0.1, 0.15) is 0 Å². The van der Waals surface area contributed by atoms with Gasteiger partial charge >= 0.3 is 0 Å². The first-order valence-electron chi connectivity index (χ1n) is 14.3. The molecule has 1 N–H and O–H groups in total. The minimum atomic E-state index is -0.434. The Kier molecular flexibility index (Phi) is 9.13. The van der Waals surface area contributed by atoms with Crippen LogP contribution in [0, 0.1) is 12.8 Å². The molecular formula is C32H39ClN4O2S. The zero-order valence-electron chi connectivity index (χ0n) is 23.6. The van der Waals surface area contributed by atoms with Crippen LogP contribution in [0.1, 0.15) is 58.6 Å². The van der Waals surface area contributed by atoms with E-state index in [1.807, 2.05) is 46.7 Å².